The molecule has 66 valence electrons. The number of esters is 1. The molecule has 2 unspecified atom stereocenters. The summed E-state index contributed by atoms with van der Waals surface area (Å²) >= 11 is 4.78. The highest BCUT2D eigenvalue weighted by Crippen LogP contribution is 2.16. The van der Waals surface area contributed by atoms with Gasteiger partial charge in [0.2, 0.25) is 0 Å². The average Bonchev–Trinajstić information content (AvgIpc) is 2.09. The number of carbonyl (C=O) groups is 1. The average molecular weight is 184 g/mol. The lowest BCUT2D eigenvalue weighted by Crippen LogP contribution is -2.22. The van der Waals surface area contributed by atoms with Crippen LogP contribution in [0.3, 0.4) is 0 Å². The number of hydrogen-bond donors (Lipinski definition) is 0. The first-order chi connectivity index (χ1) is 5.74. The zero-order valence-electron chi connectivity index (χ0n) is 7.03. The van der Waals surface area contributed by atoms with E-state index >= 15 is 0 Å². The van der Waals surface area contributed by atoms with Crippen molar-refractivity contribution in [1.29, 1.82) is 0 Å². The molecule has 0 saturated heterocycles. The molecule has 2 nitrogen and oxygen atoms in total. The number of hydrogen-bond acceptors (Lipinski definition) is 3. The van der Waals surface area contributed by atoms with Crippen LogP contribution in [0.2, 0.25) is 0 Å². The van der Waals surface area contributed by atoms with Gasteiger partial charge in [0, 0.05) is 0 Å². The molecule has 12 heavy (non-hydrogen) atoms. The molecule has 1 heterocycles. The first-order valence-corrected chi connectivity index (χ1v) is 4.49. The van der Waals surface area contributed by atoms with E-state index in [4.69, 9.17) is 17.0 Å². The molecular formula is C9H12O2S. The van der Waals surface area contributed by atoms with Crippen molar-refractivity contribution in [3.63, 3.8) is 0 Å². The molecule has 3 heteroatoms. The van der Waals surface area contributed by atoms with Crippen molar-refractivity contribution in [2.75, 3.05) is 6.61 Å². The predicted molar refractivity (Wildman–Crippen MR) is 51.0 cm³/mol. The minimum atomic E-state index is -0.124. The first-order valence-electron chi connectivity index (χ1n) is 4.02. The standard InChI is InChI=1S/C9H12O2S/c1-7(6-12)5-8-3-2-4-11-9(8)10/h2-3,6-8H,4-5H2,1H3. The molecule has 1 aliphatic rings. The zero-order valence-corrected chi connectivity index (χ0v) is 7.84. The summed E-state index contributed by atoms with van der Waals surface area (Å²) in [5, 5.41) is 1.69. The maximum Gasteiger partial charge on any atom is 0.313 e. The van der Waals surface area contributed by atoms with Gasteiger partial charge in [-0.3, -0.25) is 4.79 Å². The fraction of sp³-hybridized carbons (Fsp3) is 0.556. The molecule has 0 aromatic rings. The highest BCUT2D eigenvalue weighted by atomic mass is 32.1. The smallest absolute Gasteiger partial charge is 0.313 e. The summed E-state index contributed by atoms with van der Waals surface area (Å²) in [5.74, 6) is 0.0782. The molecule has 0 aromatic carbocycles. The second kappa shape index (κ2) is 4.36. The number of thiocarbonyl (C=S) groups is 1. The van der Waals surface area contributed by atoms with Gasteiger partial charge in [-0.1, -0.05) is 31.3 Å². The summed E-state index contributed by atoms with van der Waals surface area (Å²) in [4.78, 5) is 11.1. The van der Waals surface area contributed by atoms with Crippen molar-refractivity contribution in [1.82, 2.24) is 0 Å². The van der Waals surface area contributed by atoms with Gasteiger partial charge in [-0.05, 0) is 17.7 Å². The van der Waals surface area contributed by atoms with Gasteiger partial charge in [0.25, 0.3) is 0 Å². The zero-order chi connectivity index (χ0) is 8.97. The highest BCUT2D eigenvalue weighted by molar-refractivity contribution is 7.79. The van der Waals surface area contributed by atoms with Crippen molar-refractivity contribution in [2.24, 2.45) is 11.8 Å². The Kier molecular flexibility index (Phi) is 3.41. The van der Waals surface area contributed by atoms with Gasteiger partial charge in [0.05, 0.1) is 5.92 Å². The van der Waals surface area contributed by atoms with Crippen molar-refractivity contribution in [3.8, 4) is 0 Å². The van der Waals surface area contributed by atoms with Crippen molar-refractivity contribution in [3.05, 3.63) is 12.2 Å². The molecule has 0 radical (unpaired) electrons. The lowest BCUT2D eigenvalue weighted by molar-refractivity contribution is -0.146. The third-order valence-corrected chi connectivity index (χ3v) is 2.32. The maximum atomic E-state index is 11.1. The van der Waals surface area contributed by atoms with Gasteiger partial charge in [0.15, 0.2) is 0 Å². The summed E-state index contributed by atoms with van der Waals surface area (Å²) < 4.78 is 4.86. The molecule has 0 spiro atoms. The van der Waals surface area contributed by atoms with Crippen LogP contribution in [0, 0.1) is 11.8 Å². The van der Waals surface area contributed by atoms with Gasteiger partial charge >= 0.3 is 5.97 Å². The van der Waals surface area contributed by atoms with Gasteiger partial charge in [-0.15, -0.1) is 0 Å². The second-order valence-electron chi connectivity index (χ2n) is 3.01. The molecule has 2 atom stereocenters. The molecule has 0 saturated carbocycles. The predicted octanol–water partition coefficient (Wildman–Crippen LogP) is 1.74. The topological polar surface area (TPSA) is 26.3 Å². The summed E-state index contributed by atoms with van der Waals surface area (Å²) in [6, 6.07) is 0. The Balaban J connectivity index is 2.49. The summed E-state index contributed by atoms with van der Waals surface area (Å²) in [6.45, 7) is 2.42. The van der Waals surface area contributed by atoms with Gasteiger partial charge in [-0.25, -0.2) is 0 Å². The van der Waals surface area contributed by atoms with Crippen LogP contribution in [0.25, 0.3) is 0 Å². The van der Waals surface area contributed by atoms with E-state index in [0.717, 1.165) is 6.42 Å². The Bertz CT molecular complexity index is 211. The van der Waals surface area contributed by atoms with Crippen LogP contribution in [0.15, 0.2) is 12.2 Å². The molecule has 0 aliphatic carbocycles. The number of ether oxygens (including phenoxy) is 1. The minimum absolute atomic E-state index is 0.0899. The lowest BCUT2D eigenvalue weighted by Gasteiger charge is -2.17. The Hall–Kier alpha value is -0.700. The molecule has 1 aliphatic heterocycles. The van der Waals surface area contributed by atoms with E-state index in [0.29, 0.717) is 12.5 Å². The van der Waals surface area contributed by atoms with E-state index in [1.807, 2.05) is 19.1 Å². The minimum Gasteiger partial charge on any atom is -0.461 e. The molecule has 0 N–H and O–H groups in total. The van der Waals surface area contributed by atoms with Crippen LogP contribution >= 0.6 is 12.2 Å². The van der Waals surface area contributed by atoms with Crippen molar-refractivity contribution in [2.45, 2.75) is 13.3 Å². The Morgan fingerprint density at radius 2 is 2.67 bits per heavy atom. The van der Waals surface area contributed by atoms with Crippen molar-refractivity contribution < 1.29 is 9.53 Å². The number of rotatable bonds is 3. The lowest BCUT2D eigenvalue weighted by atomic mass is 9.96. The Morgan fingerprint density at radius 1 is 1.92 bits per heavy atom. The van der Waals surface area contributed by atoms with E-state index in [9.17, 15) is 4.79 Å². The van der Waals surface area contributed by atoms with Gasteiger partial charge in [0.1, 0.15) is 6.61 Å². The van der Waals surface area contributed by atoms with Crippen molar-refractivity contribution >= 4 is 23.6 Å². The monoisotopic (exact) mass is 184 g/mol. The van der Waals surface area contributed by atoms with Gasteiger partial charge in [-0.2, -0.15) is 0 Å². The molecule has 0 amide bonds. The van der Waals surface area contributed by atoms with E-state index in [2.05, 4.69) is 0 Å². The third kappa shape index (κ3) is 2.41. The number of carbonyl (C=O) groups excluding carboxylic acids is 1. The van der Waals surface area contributed by atoms with E-state index in [1.54, 1.807) is 5.37 Å². The normalized spacial score (nSPS) is 24.8. The number of cyclic esters (lactones) is 1. The van der Waals surface area contributed by atoms with E-state index < -0.39 is 0 Å². The van der Waals surface area contributed by atoms with Crippen LogP contribution < -0.4 is 0 Å². The molecule has 1 rings (SSSR count). The largest absolute Gasteiger partial charge is 0.461 e. The highest BCUT2D eigenvalue weighted by Gasteiger charge is 2.20. The summed E-state index contributed by atoms with van der Waals surface area (Å²) in [7, 11) is 0. The fourth-order valence-corrected chi connectivity index (χ4v) is 1.28. The van der Waals surface area contributed by atoms with Crippen LogP contribution in [0.5, 0.6) is 0 Å². The maximum absolute atomic E-state index is 11.1. The third-order valence-electron chi connectivity index (χ3n) is 1.85. The molecule has 0 bridgehead atoms. The van der Waals surface area contributed by atoms with E-state index in [1.165, 1.54) is 0 Å². The van der Waals surface area contributed by atoms with Crippen LogP contribution in [-0.4, -0.2) is 17.9 Å². The quantitative estimate of drug-likeness (QED) is 0.379. The van der Waals surface area contributed by atoms with Crippen LogP contribution in [0.1, 0.15) is 13.3 Å². The Morgan fingerprint density at radius 3 is 3.25 bits per heavy atom. The molecule has 0 fully saturated rings. The summed E-state index contributed by atoms with van der Waals surface area (Å²) in [6.07, 6.45) is 4.54. The second-order valence-corrected chi connectivity index (χ2v) is 3.29. The molecular weight excluding hydrogens is 172 g/mol. The van der Waals surface area contributed by atoms with E-state index in [-0.39, 0.29) is 11.9 Å². The van der Waals surface area contributed by atoms with Gasteiger partial charge < -0.3 is 4.74 Å². The summed E-state index contributed by atoms with van der Waals surface area (Å²) in [5.41, 5.74) is 0. The first kappa shape index (κ1) is 9.39. The molecule has 0 aromatic heterocycles. The SMILES string of the molecule is CC(C=S)CC1C=CCOC1=O. The van der Waals surface area contributed by atoms with Crippen LogP contribution in [0.4, 0.5) is 0 Å². The van der Waals surface area contributed by atoms with Crippen LogP contribution in [-0.2, 0) is 9.53 Å². The fourth-order valence-electron chi connectivity index (χ4n) is 1.17. The Labute approximate surface area is 77.6 Å².